The minimum atomic E-state index is -0.529. The van der Waals surface area contributed by atoms with Crippen LogP contribution in [-0.4, -0.2) is 25.2 Å². The molecular formula is C32H34N2O4. The van der Waals surface area contributed by atoms with Crippen molar-refractivity contribution in [2.24, 2.45) is 5.92 Å². The number of aryl methyl sites for hydroxylation is 1. The zero-order chi connectivity index (χ0) is 26.1. The molecule has 2 amide bonds. The third kappa shape index (κ3) is 4.87. The molecule has 0 aromatic heterocycles. The van der Waals surface area contributed by atoms with E-state index in [2.05, 4.69) is 17.6 Å². The van der Waals surface area contributed by atoms with Gasteiger partial charge in [-0.2, -0.15) is 0 Å². The summed E-state index contributed by atoms with van der Waals surface area (Å²) in [6.07, 6.45) is 7.90. The van der Waals surface area contributed by atoms with Gasteiger partial charge in [0.25, 0.3) is 5.91 Å². The fourth-order valence-electron chi connectivity index (χ4n) is 5.76. The fraction of sp³-hybridized carbons (Fsp3) is 0.375. The number of rotatable bonds is 7. The summed E-state index contributed by atoms with van der Waals surface area (Å²) in [5.41, 5.74) is 5.02. The van der Waals surface area contributed by atoms with Crippen LogP contribution in [0.3, 0.4) is 0 Å². The molecule has 6 nitrogen and oxygen atoms in total. The Morgan fingerprint density at radius 2 is 1.66 bits per heavy atom. The average molecular weight is 511 g/mol. The third-order valence-electron chi connectivity index (χ3n) is 8.34. The molecule has 2 aliphatic carbocycles. The van der Waals surface area contributed by atoms with E-state index in [9.17, 15) is 9.59 Å². The van der Waals surface area contributed by atoms with Crippen molar-refractivity contribution < 1.29 is 19.1 Å². The highest BCUT2D eigenvalue weighted by molar-refractivity contribution is 6.02. The minimum absolute atomic E-state index is 0.00356. The molecule has 6 rings (SSSR count). The fourth-order valence-corrected chi connectivity index (χ4v) is 5.76. The van der Waals surface area contributed by atoms with Crippen LogP contribution in [-0.2, 0) is 10.2 Å². The van der Waals surface area contributed by atoms with Crippen LogP contribution in [0.5, 0.6) is 11.5 Å². The molecule has 6 heteroatoms. The van der Waals surface area contributed by atoms with Gasteiger partial charge in [-0.3, -0.25) is 9.59 Å². The monoisotopic (exact) mass is 510 g/mol. The minimum Gasteiger partial charge on any atom is -0.454 e. The van der Waals surface area contributed by atoms with E-state index in [1.54, 1.807) is 0 Å². The molecule has 3 aliphatic rings. The molecule has 0 spiro atoms. The SMILES string of the molecule is Cc1ccc(NC(=O)C2(c3ccc4c(c3)OCO4)CC2)cc1-c1ccc(C(=O)NCC2CCCCC2)cc1. The van der Waals surface area contributed by atoms with E-state index in [0.717, 1.165) is 53.1 Å². The molecule has 0 bridgehead atoms. The van der Waals surface area contributed by atoms with Crippen molar-refractivity contribution in [3.63, 3.8) is 0 Å². The maximum absolute atomic E-state index is 13.4. The Bertz CT molecular complexity index is 1350. The van der Waals surface area contributed by atoms with Gasteiger partial charge in [-0.25, -0.2) is 0 Å². The van der Waals surface area contributed by atoms with Crippen LogP contribution in [0.4, 0.5) is 5.69 Å². The van der Waals surface area contributed by atoms with Crippen LogP contribution in [0.1, 0.15) is 66.4 Å². The van der Waals surface area contributed by atoms with Gasteiger partial charge in [-0.05, 0) is 97.2 Å². The molecule has 0 unspecified atom stereocenters. The van der Waals surface area contributed by atoms with E-state index in [1.165, 1.54) is 32.1 Å². The maximum atomic E-state index is 13.4. The van der Waals surface area contributed by atoms with Crippen LogP contribution in [0.15, 0.2) is 60.7 Å². The average Bonchev–Trinajstić information content (AvgIpc) is 3.64. The van der Waals surface area contributed by atoms with Gasteiger partial charge in [0, 0.05) is 17.8 Å². The summed E-state index contributed by atoms with van der Waals surface area (Å²) in [6.45, 7) is 3.03. The van der Waals surface area contributed by atoms with E-state index >= 15 is 0 Å². The van der Waals surface area contributed by atoms with Gasteiger partial charge in [0.15, 0.2) is 11.5 Å². The van der Waals surface area contributed by atoms with Gasteiger partial charge >= 0.3 is 0 Å². The van der Waals surface area contributed by atoms with Crippen LogP contribution < -0.4 is 20.1 Å². The summed E-state index contributed by atoms with van der Waals surface area (Å²) in [5.74, 6) is 2.01. The van der Waals surface area contributed by atoms with Crippen molar-refractivity contribution in [3.8, 4) is 22.6 Å². The first kappa shape index (κ1) is 24.5. The summed E-state index contributed by atoms with van der Waals surface area (Å²) in [6, 6.07) is 19.5. The number of nitrogens with one attached hydrogen (secondary N) is 2. The first-order valence-corrected chi connectivity index (χ1v) is 13.7. The summed E-state index contributed by atoms with van der Waals surface area (Å²) in [4.78, 5) is 26.1. The third-order valence-corrected chi connectivity index (χ3v) is 8.34. The van der Waals surface area contributed by atoms with E-state index in [0.29, 0.717) is 17.2 Å². The van der Waals surface area contributed by atoms with Crippen molar-refractivity contribution in [2.75, 3.05) is 18.7 Å². The first-order valence-electron chi connectivity index (χ1n) is 13.7. The Kier molecular flexibility index (Phi) is 6.56. The predicted molar refractivity (Wildman–Crippen MR) is 148 cm³/mol. The number of anilines is 1. The number of hydrogen-bond donors (Lipinski definition) is 2. The highest BCUT2D eigenvalue weighted by Gasteiger charge is 2.51. The molecule has 3 aromatic rings. The van der Waals surface area contributed by atoms with Gasteiger partial charge in [0.1, 0.15) is 0 Å². The summed E-state index contributed by atoms with van der Waals surface area (Å²) in [5, 5.41) is 6.27. The molecule has 2 N–H and O–H groups in total. The molecule has 0 saturated heterocycles. The first-order chi connectivity index (χ1) is 18.5. The lowest BCUT2D eigenvalue weighted by molar-refractivity contribution is -0.118. The van der Waals surface area contributed by atoms with Crippen LogP contribution >= 0.6 is 0 Å². The van der Waals surface area contributed by atoms with Crippen LogP contribution in [0, 0.1) is 12.8 Å². The zero-order valence-corrected chi connectivity index (χ0v) is 21.8. The molecule has 1 aliphatic heterocycles. The van der Waals surface area contributed by atoms with E-state index in [1.807, 2.05) is 60.7 Å². The van der Waals surface area contributed by atoms with Crippen LogP contribution in [0.2, 0.25) is 0 Å². The summed E-state index contributed by atoms with van der Waals surface area (Å²) >= 11 is 0. The molecule has 0 radical (unpaired) electrons. The number of hydrogen-bond acceptors (Lipinski definition) is 4. The van der Waals surface area contributed by atoms with Crippen molar-refractivity contribution in [3.05, 3.63) is 77.4 Å². The normalized spacial score (nSPS) is 17.6. The van der Waals surface area contributed by atoms with Crippen molar-refractivity contribution >= 4 is 17.5 Å². The largest absolute Gasteiger partial charge is 0.454 e. The summed E-state index contributed by atoms with van der Waals surface area (Å²) < 4.78 is 10.9. The topological polar surface area (TPSA) is 76.7 Å². The van der Waals surface area contributed by atoms with Gasteiger partial charge in [0.2, 0.25) is 12.7 Å². The number of amides is 2. The standard InChI is InChI=1S/C32H34N2O4/c1-21-7-13-26(34-31(36)32(15-16-32)25-12-14-28-29(17-25)38-20-37-28)18-27(21)23-8-10-24(11-9-23)30(35)33-19-22-5-3-2-4-6-22/h7-14,17-18,22H,2-6,15-16,19-20H2,1H3,(H,33,35)(H,34,36). The highest BCUT2D eigenvalue weighted by atomic mass is 16.7. The Balaban J connectivity index is 1.14. The number of carbonyl (C=O) groups excluding carboxylic acids is 2. The number of benzene rings is 3. The Morgan fingerprint density at radius 3 is 2.42 bits per heavy atom. The van der Waals surface area contributed by atoms with Gasteiger partial charge in [0.05, 0.1) is 5.41 Å². The second-order valence-corrected chi connectivity index (χ2v) is 10.9. The van der Waals surface area contributed by atoms with Crippen LogP contribution in [0.25, 0.3) is 11.1 Å². The Morgan fingerprint density at radius 1 is 0.895 bits per heavy atom. The van der Waals surface area contributed by atoms with Crippen molar-refractivity contribution in [1.82, 2.24) is 5.32 Å². The summed E-state index contributed by atoms with van der Waals surface area (Å²) in [7, 11) is 0. The quantitative estimate of drug-likeness (QED) is 0.387. The maximum Gasteiger partial charge on any atom is 0.251 e. The lowest BCUT2D eigenvalue weighted by atomic mass is 9.89. The van der Waals surface area contributed by atoms with Gasteiger partial charge in [-0.1, -0.05) is 43.5 Å². The molecular weight excluding hydrogens is 476 g/mol. The predicted octanol–water partition coefficient (Wildman–Crippen LogP) is 6.37. The van der Waals surface area contributed by atoms with E-state index in [-0.39, 0.29) is 18.6 Å². The Hall–Kier alpha value is -3.80. The number of fused-ring (bicyclic) bond motifs is 1. The molecule has 2 saturated carbocycles. The van der Waals surface area contributed by atoms with Crippen molar-refractivity contribution in [2.45, 2.75) is 57.3 Å². The van der Waals surface area contributed by atoms with Gasteiger partial charge < -0.3 is 20.1 Å². The molecule has 3 aromatic carbocycles. The number of carbonyl (C=O) groups is 2. The lowest BCUT2D eigenvalue weighted by Crippen LogP contribution is -2.30. The van der Waals surface area contributed by atoms with Gasteiger partial charge in [-0.15, -0.1) is 0 Å². The zero-order valence-electron chi connectivity index (χ0n) is 21.8. The molecule has 38 heavy (non-hydrogen) atoms. The molecule has 1 heterocycles. The molecule has 0 atom stereocenters. The second kappa shape index (κ2) is 10.2. The Labute approximate surface area is 223 Å². The smallest absolute Gasteiger partial charge is 0.251 e. The highest BCUT2D eigenvalue weighted by Crippen LogP contribution is 2.51. The van der Waals surface area contributed by atoms with E-state index in [4.69, 9.17) is 9.47 Å². The number of ether oxygens (including phenoxy) is 2. The molecule has 196 valence electrons. The lowest BCUT2D eigenvalue weighted by Gasteiger charge is -2.21. The van der Waals surface area contributed by atoms with E-state index < -0.39 is 5.41 Å². The molecule has 2 fully saturated rings. The van der Waals surface area contributed by atoms with Crippen molar-refractivity contribution in [1.29, 1.82) is 0 Å². The second-order valence-electron chi connectivity index (χ2n) is 10.9.